The van der Waals surface area contributed by atoms with E-state index in [1.54, 1.807) is 0 Å². The highest BCUT2D eigenvalue weighted by molar-refractivity contribution is 7.93. The van der Waals surface area contributed by atoms with E-state index >= 15 is 0 Å². The topological polar surface area (TPSA) is 94.6 Å². The largest absolute Gasteiger partial charge is 0.436 e. The summed E-state index contributed by atoms with van der Waals surface area (Å²) in [6.07, 6.45) is 1.35. The summed E-state index contributed by atoms with van der Waals surface area (Å²) in [5.74, 6) is -1.98. The van der Waals surface area contributed by atoms with E-state index in [1.807, 2.05) is 0 Å². The lowest BCUT2D eigenvalue weighted by atomic mass is 10.1. The Kier molecular flexibility index (Phi) is 4.43. The standard InChI is InChI=1S/C17H17F2N3O3S/c1-17(2)16(20)22-14(9-26(17,23)24)11-8-10(5-6-12(11)18)25-15-13(19)4-3-7-21-15/h3-8,14H,9H2,1-2H3,(H2,20,22)/t14-/m0/s1. The van der Waals surface area contributed by atoms with E-state index in [-0.39, 0.29) is 28.8 Å². The van der Waals surface area contributed by atoms with Gasteiger partial charge in [0, 0.05) is 11.8 Å². The maximum atomic E-state index is 14.3. The number of aliphatic imine (C=N–C) groups is 1. The van der Waals surface area contributed by atoms with Crippen molar-refractivity contribution in [2.24, 2.45) is 10.7 Å². The molecule has 0 unspecified atom stereocenters. The van der Waals surface area contributed by atoms with Crippen LogP contribution in [0.4, 0.5) is 8.78 Å². The monoisotopic (exact) mass is 381 g/mol. The van der Waals surface area contributed by atoms with Crippen molar-refractivity contribution in [3.8, 4) is 11.6 Å². The maximum absolute atomic E-state index is 14.3. The number of hydrogen-bond donors (Lipinski definition) is 1. The molecule has 1 aromatic heterocycles. The summed E-state index contributed by atoms with van der Waals surface area (Å²) in [6.45, 7) is 2.91. The third-order valence-corrected chi connectivity index (χ3v) is 6.85. The lowest BCUT2D eigenvalue weighted by Crippen LogP contribution is -2.50. The predicted octanol–water partition coefficient (Wildman–Crippen LogP) is 2.76. The molecule has 0 aliphatic carbocycles. The number of sulfone groups is 1. The highest BCUT2D eigenvalue weighted by Crippen LogP contribution is 2.35. The van der Waals surface area contributed by atoms with Crippen molar-refractivity contribution in [3.05, 3.63) is 53.7 Å². The fourth-order valence-electron chi connectivity index (χ4n) is 2.49. The van der Waals surface area contributed by atoms with Gasteiger partial charge in [-0.3, -0.25) is 4.99 Å². The molecule has 2 aromatic rings. The molecule has 0 spiro atoms. The highest BCUT2D eigenvalue weighted by atomic mass is 32.2. The van der Waals surface area contributed by atoms with E-state index in [0.717, 1.165) is 6.07 Å². The van der Waals surface area contributed by atoms with Crippen LogP contribution in [0.15, 0.2) is 41.5 Å². The summed E-state index contributed by atoms with van der Waals surface area (Å²) in [7, 11) is -3.64. The van der Waals surface area contributed by atoms with Crippen LogP contribution in [0.3, 0.4) is 0 Å². The maximum Gasteiger partial charge on any atom is 0.255 e. The minimum absolute atomic E-state index is 0.000800. The molecule has 26 heavy (non-hydrogen) atoms. The number of nitrogens with two attached hydrogens (primary N) is 1. The van der Waals surface area contributed by atoms with Crippen molar-refractivity contribution in [1.29, 1.82) is 0 Å². The van der Waals surface area contributed by atoms with E-state index in [1.165, 1.54) is 44.3 Å². The Hall–Kier alpha value is -2.55. The van der Waals surface area contributed by atoms with Crippen LogP contribution in [0, 0.1) is 11.6 Å². The second-order valence-corrected chi connectivity index (χ2v) is 8.98. The molecule has 0 bridgehead atoms. The van der Waals surface area contributed by atoms with Crippen LogP contribution >= 0.6 is 0 Å². The van der Waals surface area contributed by atoms with Gasteiger partial charge in [0.05, 0.1) is 11.8 Å². The quantitative estimate of drug-likeness (QED) is 0.882. The number of ether oxygens (including phenoxy) is 1. The molecule has 0 saturated carbocycles. The van der Waals surface area contributed by atoms with Gasteiger partial charge in [-0.1, -0.05) is 0 Å². The lowest BCUT2D eigenvalue weighted by Gasteiger charge is -2.31. The summed E-state index contributed by atoms with van der Waals surface area (Å²) in [5, 5.41) is 0. The van der Waals surface area contributed by atoms with Gasteiger partial charge in [0.15, 0.2) is 15.7 Å². The van der Waals surface area contributed by atoms with E-state index in [4.69, 9.17) is 10.5 Å². The Bertz CT molecular complexity index is 990. The second kappa shape index (κ2) is 6.31. The Morgan fingerprint density at radius 1 is 1.23 bits per heavy atom. The summed E-state index contributed by atoms with van der Waals surface area (Å²) in [5.41, 5.74) is 5.81. The van der Waals surface area contributed by atoms with E-state index in [2.05, 4.69) is 9.98 Å². The summed E-state index contributed by atoms with van der Waals surface area (Å²) in [4.78, 5) is 7.92. The van der Waals surface area contributed by atoms with Gasteiger partial charge in [0.2, 0.25) is 0 Å². The molecule has 0 radical (unpaired) electrons. The van der Waals surface area contributed by atoms with Gasteiger partial charge in [-0.05, 0) is 44.2 Å². The molecule has 2 N–H and O–H groups in total. The Labute approximate surface area is 149 Å². The number of halogens is 2. The molecule has 138 valence electrons. The fourth-order valence-corrected chi connectivity index (χ4v) is 3.95. The normalized spacial score (nSPS) is 21.1. The first-order valence-electron chi connectivity index (χ1n) is 7.75. The molecule has 1 aromatic carbocycles. The number of pyridine rings is 1. The summed E-state index contributed by atoms with van der Waals surface area (Å²) >= 11 is 0. The number of amidine groups is 1. The molecular formula is C17H17F2N3O3S. The molecule has 0 fully saturated rings. The Balaban J connectivity index is 1.99. The van der Waals surface area contributed by atoms with E-state index in [0.29, 0.717) is 0 Å². The van der Waals surface area contributed by atoms with Gasteiger partial charge in [-0.25, -0.2) is 22.2 Å². The van der Waals surface area contributed by atoms with Gasteiger partial charge < -0.3 is 10.5 Å². The molecule has 9 heteroatoms. The van der Waals surface area contributed by atoms with Gasteiger partial charge in [0.25, 0.3) is 5.88 Å². The minimum atomic E-state index is -3.64. The van der Waals surface area contributed by atoms with Crippen molar-refractivity contribution in [1.82, 2.24) is 4.98 Å². The number of hydrogen-bond acceptors (Lipinski definition) is 6. The van der Waals surface area contributed by atoms with Crippen molar-refractivity contribution in [2.75, 3.05) is 5.75 Å². The van der Waals surface area contributed by atoms with Crippen molar-refractivity contribution >= 4 is 15.7 Å². The third-order valence-electron chi connectivity index (χ3n) is 4.33. The first kappa shape index (κ1) is 18.2. The average Bonchev–Trinajstić information content (AvgIpc) is 2.56. The number of rotatable bonds is 3. The molecule has 1 aliphatic heterocycles. The van der Waals surface area contributed by atoms with Crippen molar-refractivity contribution in [3.63, 3.8) is 0 Å². The fraction of sp³-hybridized carbons (Fsp3) is 0.294. The Morgan fingerprint density at radius 3 is 2.62 bits per heavy atom. The summed E-state index contributed by atoms with van der Waals surface area (Å²) in [6, 6.07) is 5.24. The van der Waals surface area contributed by atoms with E-state index < -0.39 is 32.3 Å². The van der Waals surface area contributed by atoms with Crippen LogP contribution in [-0.2, 0) is 9.84 Å². The van der Waals surface area contributed by atoms with Crippen LogP contribution in [0.2, 0.25) is 0 Å². The molecular weight excluding hydrogens is 364 g/mol. The Morgan fingerprint density at radius 2 is 1.96 bits per heavy atom. The molecule has 1 aliphatic rings. The zero-order chi connectivity index (χ0) is 19.1. The van der Waals surface area contributed by atoms with Crippen LogP contribution in [0.25, 0.3) is 0 Å². The number of benzene rings is 1. The van der Waals surface area contributed by atoms with Gasteiger partial charge in [0.1, 0.15) is 22.1 Å². The second-order valence-electron chi connectivity index (χ2n) is 6.40. The first-order valence-corrected chi connectivity index (χ1v) is 9.41. The first-order chi connectivity index (χ1) is 12.1. The molecule has 3 rings (SSSR count). The average molecular weight is 381 g/mol. The van der Waals surface area contributed by atoms with Crippen molar-refractivity contribution < 1.29 is 21.9 Å². The zero-order valence-corrected chi connectivity index (χ0v) is 14.9. The predicted molar refractivity (Wildman–Crippen MR) is 92.9 cm³/mol. The third kappa shape index (κ3) is 3.14. The molecule has 0 amide bonds. The van der Waals surface area contributed by atoms with Gasteiger partial charge >= 0.3 is 0 Å². The summed E-state index contributed by atoms with van der Waals surface area (Å²) < 4.78 is 56.9. The lowest BCUT2D eigenvalue weighted by molar-refractivity contribution is 0.420. The SMILES string of the molecule is CC1(C)C(N)=N[C@H](c2cc(Oc3ncccc3F)ccc2F)CS1(=O)=O. The molecule has 0 saturated heterocycles. The smallest absolute Gasteiger partial charge is 0.255 e. The zero-order valence-electron chi connectivity index (χ0n) is 14.1. The molecule has 6 nitrogen and oxygen atoms in total. The number of nitrogens with zero attached hydrogens (tertiary/aromatic N) is 2. The van der Waals surface area contributed by atoms with Gasteiger partial charge in [-0.15, -0.1) is 0 Å². The van der Waals surface area contributed by atoms with E-state index in [9.17, 15) is 17.2 Å². The molecule has 1 atom stereocenters. The van der Waals surface area contributed by atoms with Crippen LogP contribution in [0.1, 0.15) is 25.5 Å². The minimum Gasteiger partial charge on any atom is -0.436 e. The molecule has 2 heterocycles. The van der Waals surface area contributed by atoms with Crippen LogP contribution in [0.5, 0.6) is 11.6 Å². The van der Waals surface area contributed by atoms with Crippen LogP contribution < -0.4 is 10.5 Å². The number of aromatic nitrogens is 1. The highest BCUT2D eigenvalue weighted by Gasteiger charge is 2.44. The van der Waals surface area contributed by atoms with Gasteiger partial charge in [-0.2, -0.15) is 0 Å². The van der Waals surface area contributed by atoms with Crippen molar-refractivity contribution in [2.45, 2.75) is 24.6 Å². The van der Waals surface area contributed by atoms with Crippen LogP contribution in [-0.4, -0.2) is 29.7 Å².